The number of unbranched alkanes of at least 4 members (excludes halogenated alkanes) is 1. The van der Waals surface area contributed by atoms with Crippen molar-refractivity contribution >= 4 is 22.6 Å². The second kappa shape index (κ2) is 10.2. The van der Waals surface area contributed by atoms with E-state index in [4.69, 9.17) is 14.2 Å². The van der Waals surface area contributed by atoms with Crippen molar-refractivity contribution in [3.63, 3.8) is 0 Å². The van der Waals surface area contributed by atoms with Crippen LogP contribution >= 0.6 is 22.6 Å². The van der Waals surface area contributed by atoms with E-state index in [1.807, 2.05) is 0 Å². The molecule has 0 aliphatic carbocycles. The van der Waals surface area contributed by atoms with Gasteiger partial charge in [0.25, 0.3) is 0 Å². The fourth-order valence-electron chi connectivity index (χ4n) is 3.20. The summed E-state index contributed by atoms with van der Waals surface area (Å²) in [5.74, 6) is 0.617. The highest BCUT2D eigenvalue weighted by Crippen LogP contribution is 2.31. The summed E-state index contributed by atoms with van der Waals surface area (Å²) in [6.07, 6.45) is 9.25. The number of allylic oxidation sites excluding steroid dienone is 1. The Bertz CT molecular complexity index is 390. The molecule has 3 nitrogen and oxygen atoms in total. The average Bonchev–Trinajstić information content (AvgIpc) is 2.90. The molecule has 0 aromatic carbocycles. The molecule has 2 saturated heterocycles. The van der Waals surface area contributed by atoms with Crippen LogP contribution in [0.5, 0.6) is 0 Å². The lowest BCUT2D eigenvalue weighted by Crippen LogP contribution is -2.26. The molecule has 23 heavy (non-hydrogen) atoms. The third-order valence-electron chi connectivity index (χ3n) is 4.81. The van der Waals surface area contributed by atoms with Crippen molar-refractivity contribution in [1.82, 2.24) is 0 Å². The average molecular weight is 434 g/mol. The molecule has 132 valence electrons. The number of rotatable bonds is 9. The minimum absolute atomic E-state index is 0.0254. The number of halogens is 1. The van der Waals surface area contributed by atoms with Crippen molar-refractivity contribution in [2.45, 2.75) is 76.8 Å². The smallest absolute Gasteiger partial charge is 0.157 e. The molecule has 0 N–H and O–H groups in total. The molecule has 0 amide bonds. The molecular weight excluding hydrogens is 403 g/mol. The van der Waals surface area contributed by atoms with Crippen LogP contribution in [0.15, 0.2) is 22.3 Å². The lowest BCUT2D eigenvalue weighted by atomic mass is 9.99. The van der Waals surface area contributed by atoms with E-state index in [1.165, 1.54) is 28.4 Å². The first kappa shape index (κ1) is 19.4. The first-order chi connectivity index (χ1) is 11.1. The molecule has 0 radical (unpaired) electrons. The molecule has 2 fully saturated rings. The minimum Gasteiger partial charge on any atom is -0.370 e. The van der Waals surface area contributed by atoms with Crippen molar-refractivity contribution in [3.8, 4) is 0 Å². The largest absolute Gasteiger partial charge is 0.370 e. The van der Waals surface area contributed by atoms with Crippen LogP contribution in [0.25, 0.3) is 0 Å². The lowest BCUT2D eigenvalue weighted by molar-refractivity contribution is -0.184. The highest BCUT2D eigenvalue weighted by atomic mass is 127. The predicted octanol–water partition coefficient (Wildman–Crippen LogP) is 5.39. The molecule has 1 unspecified atom stereocenters. The first-order valence-corrected chi connectivity index (χ1v) is 10.0. The van der Waals surface area contributed by atoms with E-state index < -0.39 is 0 Å². The van der Waals surface area contributed by atoms with E-state index >= 15 is 0 Å². The van der Waals surface area contributed by atoms with Gasteiger partial charge in [-0.05, 0) is 69.8 Å². The fraction of sp³-hybridized carbons (Fsp3) is 0.789. The Morgan fingerprint density at radius 3 is 2.65 bits per heavy atom. The van der Waals surface area contributed by atoms with Gasteiger partial charge in [0.1, 0.15) is 0 Å². The molecule has 0 aromatic rings. The Labute approximate surface area is 155 Å². The summed E-state index contributed by atoms with van der Waals surface area (Å²) in [6, 6.07) is 0. The van der Waals surface area contributed by atoms with Gasteiger partial charge in [-0.3, -0.25) is 0 Å². The SMILES string of the molecule is C=C(I)C(C)CCCC[C@@H]1O[C@@H](CCC2OCCCO2)CC1=C. The summed E-state index contributed by atoms with van der Waals surface area (Å²) in [4.78, 5) is 0. The topological polar surface area (TPSA) is 27.7 Å². The van der Waals surface area contributed by atoms with Gasteiger partial charge in [0.2, 0.25) is 0 Å². The maximum absolute atomic E-state index is 6.19. The van der Waals surface area contributed by atoms with Gasteiger partial charge < -0.3 is 14.2 Å². The van der Waals surface area contributed by atoms with Gasteiger partial charge in [-0.1, -0.05) is 32.9 Å². The number of hydrogen-bond acceptors (Lipinski definition) is 3. The Morgan fingerprint density at radius 2 is 1.96 bits per heavy atom. The maximum atomic E-state index is 6.19. The monoisotopic (exact) mass is 434 g/mol. The van der Waals surface area contributed by atoms with E-state index in [2.05, 4.69) is 42.7 Å². The van der Waals surface area contributed by atoms with Gasteiger partial charge in [0.15, 0.2) is 6.29 Å². The quantitative estimate of drug-likeness (QED) is 0.277. The third kappa shape index (κ3) is 6.85. The zero-order valence-corrected chi connectivity index (χ0v) is 16.6. The normalized spacial score (nSPS) is 27.3. The molecule has 2 aliphatic heterocycles. The van der Waals surface area contributed by atoms with Crippen LogP contribution in [0.3, 0.4) is 0 Å². The Kier molecular flexibility index (Phi) is 8.58. The fourth-order valence-corrected chi connectivity index (χ4v) is 3.52. The van der Waals surface area contributed by atoms with Crippen LogP contribution in [0.2, 0.25) is 0 Å². The van der Waals surface area contributed by atoms with Crippen LogP contribution in [-0.2, 0) is 14.2 Å². The van der Waals surface area contributed by atoms with Crippen molar-refractivity contribution in [3.05, 3.63) is 22.3 Å². The Balaban J connectivity index is 1.59. The molecule has 0 aromatic heterocycles. The van der Waals surface area contributed by atoms with E-state index in [0.717, 1.165) is 45.3 Å². The molecule has 0 spiro atoms. The van der Waals surface area contributed by atoms with Crippen molar-refractivity contribution in [1.29, 1.82) is 0 Å². The standard InChI is InChI=1S/C19H31IO3/c1-14(16(3)20)7-4-5-8-18-15(2)13-17(23-18)9-10-19-21-11-6-12-22-19/h14,17-19H,2-13H2,1H3/t14?,17-,18-/m0/s1. The summed E-state index contributed by atoms with van der Waals surface area (Å²) in [7, 11) is 0. The van der Waals surface area contributed by atoms with Gasteiger partial charge in [-0.15, -0.1) is 0 Å². The van der Waals surface area contributed by atoms with Crippen LogP contribution in [0.4, 0.5) is 0 Å². The van der Waals surface area contributed by atoms with Gasteiger partial charge in [-0.2, -0.15) is 0 Å². The van der Waals surface area contributed by atoms with Crippen LogP contribution in [0.1, 0.15) is 58.3 Å². The molecule has 2 heterocycles. The number of ether oxygens (including phenoxy) is 3. The second-order valence-electron chi connectivity index (χ2n) is 6.84. The van der Waals surface area contributed by atoms with E-state index in [9.17, 15) is 0 Å². The van der Waals surface area contributed by atoms with Gasteiger partial charge in [0, 0.05) is 6.42 Å². The van der Waals surface area contributed by atoms with Crippen molar-refractivity contribution in [2.24, 2.45) is 5.92 Å². The van der Waals surface area contributed by atoms with Gasteiger partial charge in [0.05, 0.1) is 25.4 Å². The summed E-state index contributed by atoms with van der Waals surface area (Å²) < 4.78 is 18.7. The highest BCUT2D eigenvalue weighted by molar-refractivity contribution is 14.1. The summed E-state index contributed by atoms with van der Waals surface area (Å²) in [5.41, 5.74) is 1.27. The zero-order chi connectivity index (χ0) is 16.7. The number of hydrogen-bond donors (Lipinski definition) is 0. The Hall–Kier alpha value is 0.0900. The summed E-state index contributed by atoms with van der Waals surface area (Å²) in [5, 5.41) is 0. The minimum atomic E-state index is -0.0254. The summed E-state index contributed by atoms with van der Waals surface area (Å²) >= 11 is 2.34. The molecule has 0 saturated carbocycles. The lowest BCUT2D eigenvalue weighted by Gasteiger charge is -2.24. The molecule has 2 aliphatic rings. The molecule has 0 bridgehead atoms. The summed E-state index contributed by atoms with van der Waals surface area (Å²) in [6.45, 7) is 12.1. The van der Waals surface area contributed by atoms with E-state index in [0.29, 0.717) is 12.0 Å². The predicted molar refractivity (Wildman–Crippen MR) is 103 cm³/mol. The van der Waals surface area contributed by atoms with Crippen LogP contribution < -0.4 is 0 Å². The van der Waals surface area contributed by atoms with E-state index in [1.54, 1.807) is 0 Å². The first-order valence-electron chi connectivity index (χ1n) is 8.97. The van der Waals surface area contributed by atoms with E-state index in [-0.39, 0.29) is 12.4 Å². The maximum Gasteiger partial charge on any atom is 0.157 e. The van der Waals surface area contributed by atoms with Gasteiger partial charge >= 0.3 is 0 Å². The van der Waals surface area contributed by atoms with Gasteiger partial charge in [-0.25, -0.2) is 0 Å². The van der Waals surface area contributed by atoms with Crippen molar-refractivity contribution < 1.29 is 14.2 Å². The Morgan fingerprint density at radius 1 is 1.22 bits per heavy atom. The molecule has 3 atom stereocenters. The van der Waals surface area contributed by atoms with Crippen molar-refractivity contribution in [2.75, 3.05) is 13.2 Å². The molecule has 4 heteroatoms. The third-order valence-corrected chi connectivity index (χ3v) is 5.87. The van der Waals surface area contributed by atoms with Crippen LogP contribution in [-0.4, -0.2) is 31.7 Å². The highest BCUT2D eigenvalue weighted by Gasteiger charge is 2.29. The second-order valence-corrected chi connectivity index (χ2v) is 8.23. The van der Waals surface area contributed by atoms with Crippen LogP contribution in [0, 0.1) is 5.92 Å². The molecular formula is C19H31IO3. The molecule has 2 rings (SSSR count). The zero-order valence-electron chi connectivity index (χ0n) is 14.4.